The number of hydrogen-bond donors (Lipinski definition) is 2. The quantitative estimate of drug-likeness (QED) is 0.817. The first-order chi connectivity index (χ1) is 11.5. The van der Waals surface area contributed by atoms with Crippen LogP contribution in [-0.4, -0.2) is 25.5 Å². The van der Waals surface area contributed by atoms with Gasteiger partial charge in [0.1, 0.15) is 0 Å². The molecular weight excluding hydrogens is 328 g/mol. The van der Waals surface area contributed by atoms with Crippen molar-refractivity contribution in [1.82, 2.24) is 5.32 Å². The van der Waals surface area contributed by atoms with Crippen molar-refractivity contribution in [1.29, 1.82) is 0 Å². The van der Waals surface area contributed by atoms with Gasteiger partial charge < -0.3 is 15.4 Å². The monoisotopic (exact) mass is 346 g/mol. The van der Waals surface area contributed by atoms with E-state index in [1.54, 1.807) is 31.4 Å². The fourth-order valence-electron chi connectivity index (χ4n) is 2.26. The SMILES string of the molecule is COC(CNC(=O)C(=O)Nc1ccc(Cl)cc1)c1ccccc1C. The molecule has 2 rings (SSSR count). The zero-order valence-electron chi connectivity index (χ0n) is 13.5. The molecule has 1 atom stereocenters. The maximum atomic E-state index is 11.9. The third-order valence-electron chi connectivity index (χ3n) is 3.58. The summed E-state index contributed by atoms with van der Waals surface area (Å²) in [4.78, 5) is 23.9. The first kappa shape index (κ1) is 18.0. The lowest BCUT2D eigenvalue weighted by Crippen LogP contribution is -2.38. The molecule has 0 spiro atoms. The second-order valence-corrected chi connectivity index (χ2v) is 5.69. The number of ether oxygens (including phenoxy) is 1. The Kier molecular flexibility index (Phi) is 6.35. The standard InChI is InChI=1S/C18H19ClN2O3/c1-12-5-3-4-6-15(12)16(24-2)11-20-17(22)18(23)21-14-9-7-13(19)8-10-14/h3-10,16H,11H2,1-2H3,(H,20,22)(H,21,23). The molecule has 0 bridgehead atoms. The van der Waals surface area contributed by atoms with Crippen molar-refractivity contribution in [3.63, 3.8) is 0 Å². The van der Waals surface area contributed by atoms with Gasteiger partial charge >= 0.3 is 11.8 Å². The number of aryl methyl sites for hydroxylation is 1. The van der Waals surface area contributed by atoms with E-state index in [-0.39, 0.29) is 12.6 Å². The Hall–Kier alpha value is -2.37. The van der Waals surface area contributed by atoms with Crippen molar-refractivity contribution in [2.24, 2.45) is 0 Å². The summed E-state index contributed by atoms with van der Waals surface area (Å²) in [6, 6.07) is 14.3. The van der Waals surface area contributed by atoms with Crippen LogP contribution < -0.4 is 10.6 Å². The van der Waals surface area contributed by atoms with Crippen molar-refractivity contribution < 1.29 is 14.3 Å². The lowest BCUT2D eigenvalue weighted by Gasteiger charge is -2.18. The van der Waals surface area contributed by atoms with Crippen LogP contribution in [0.1, 0.15) is 17.2 Å². The van der Waals surface area contributed by atoms with Crippen LogP contribution >= 0.6 is 11.6 Å². The first-order valence-electron chi connectivity index (χ1n) is 7.44. The van der Waals surface area contributed by atoms with Crippen molar-refractivity contribution >= 4 is 29.1 Å². The maximum absolute atomic E-state index is 11.9. The van der Waals surface area contributed by atoms with Crippen LogP contribution in [0.15, 0.2) is 48.5 Å². The van der Waals surface area contributed by atoms with Crippen molar-refractivity contribution in [3.05, 3.63) is 64.7 Å². The summed E-state index contributed by atoms with van der Waals surface area (Å²) in [7, 11) is 1.57. The number of carbonyl (C=O) groups is 2. The van der Waals surface area contributed by atoms with Gasteiger partial charge in [-0.05, 0) is 42.3 Å². The summed E-state index contributed by atoms with van der Waals surface area (Å²) in [6.07, 6.45) is -0.321. The van der Waals surface area contributed by atoms with Gasteiger partial charge in [0.25, 0.3) is 0 Å². The molecule has 0 saturated heterocycles. The van der Waals surface area contributed by atoms with Crippen LogP contribution in [0.3, 0.4) is 0 Å². The molecule has 126 valence electrons. The minimum Gasteiger partial charge on any atom is -0.375 e. The largest absolute Gasteiger partial charge is 0.375 e. The summed E-state index contributed by atoms with van der Waals surface area (Å²) in [5, 5.41) is 5.65. The molecule has 0 aliphatic rings. The lowest BCUT2D eigenvalue weighted by molar-refractivity contribution is -0.136. The van der Waals surface area contributed by atoms with E-state index in [1.807, 2.05) is 31.2 Å². The number of hydrogen-bond acceptors (Lipinski definition) is 3. The number of carbonyl (C=O) groups excluding carboxylic acids is 2. The first-order valence-corrected chi connectivity index (χ1v) is 7.82. The molecule has 2 N–H and O–H groups in total. The molecule has 0 fully saturated rings. The Balaban J connectivity index is 1.92. The molecule has 24 heavy (non-hydrogen) atoms. The predicted molar refractivity (Wildman–Crippen MR) is 94.0 cm³/mol. The van der Waals surface area contributed by atoms with Crippen LogP contribution in [0, 0.1) is 6.92 Å². The molecule has 0 aliphatic heterocycles. The highest BCUT2D eigenvalue weighted by Gasteiger charge is 2.18. The van der Waals surface area contributed by atoms with Crippen molar-refractivity contribution in [2.45, 2.75) is 13.0 Å². The molecule has 1 unspecified atom stereocenters. The third-order valence-corrected chi connectivity index (χ3v) is 3.83. The van der Waals surface area contributed by atoms with E-state index >= 15 is 0 Å². The minimum absolute atomic E-state index is 0.203. The van der Waals surface area contributed by atoms with Gasteiger partial charge in [0.15, 0.2) is 0 Å². The number of halogens is 1. The second kappa shape index (κ2) is 8.47. The van der Waals surface area contributed by atoms with Gasteiger partial charge in [0, 0.05) is 24.4 Å². The molecule has 2 amide bonds. The summed E-state index contributed by atoms with van der Waals surface area (Å²) in [5.41, 5.74) is 2.53. The fourth-order valence-corrected chi connectivity index (χ4v) is 2.38. The molecule has 6 heteroatoms. The van der Waals surface area contributed by atoms with Gasteiger partial charge in [-0.3, -0.25) is 9.59 Å². The van der Waals surface area contributed by atoms with E-state index in [1.165, 1.54) is 0 Å². The van der Waals surface area contributed by atoms with E-state index in [0.717, 1.165) is 11.1 Å². The van der Waals surface area contributed by atoms with Gasteiger partial charge in [-0.25, -0.2) is 0 Å². The Bertz CT molecular complexity index is 716. The van der Waals surface area contributed by atoms with Crippen molar-refractivity contribution in [3.8, 4) is 0 Å². The van der Waals surface area contributed by atoms with Gasteiger partial charge in [0.2, 0.25) is 0 Å². The molecule has 0 radical (unpaired) electrons. The van der Waals surface area contributed by atoms with E-state index in [2.05, 4.69) is 10.6 Å². The number of rotatable bonds is 5. The van der Waals surface area contributed by atoms with E-state index in [4.69, 9.17) is 16.3 Å². The van der Waals surface area contributed by atoms with Gasteiger partial charge in [-0.1, -0.05) is 35.9 Å². The van der Waals surface area contributed by atoms with E-state index in [0.29, 0.717) is 10.7 Å². The number of methoxy groups -OCH3 is 1. The molecule has 0 heterocycles. The Morgan fingerprint density at radius 1 is 1.08 bits per heavy atom. The van der Waals surface area contributed by atoms with Crippen LogP contribution in [0.2, 0.25) is 5.02 Å². The summed E-state index contributed by atoms with van der Waals surface area (Å²) in [6.45, 7) is 2.17. The smallest absolute Gasteiger partial charge is 0.313 e. The molecule has 2 aromatic carbocycles. The number of nitrogens with one attached hydrogen (secondary N) is 2. The summed E-state index contributed by atoms with van der Waals surface area (Å²) in [5.74, 6) is -1.46. The zero-order valence-corrected chi connectivity index (χ0v) is 14.3. The Morgan fingerprint density at radius 2 is 1.75 bits per heavy atom. The topological polar surface area (TPSA) is 67.4 Å². The van der Waals surface area contributed by atoms with Crippen LogP contribution in [-0.2, 0) is 14.3 Å². The third kappa shape index (κ3) is 4.81. The highest BCUT2D eigenvalue weighted by Crippen LogP contribution is 2.19. The van der Waals surface area contributed by atoms with Crippen LogP contribution in [0.4, 0.5) is 5.69 Å². The number of benzene rings is 2. The average Bonchev–Trinajstić information content (AvgIpc) is 2.58. The highest BCUT2D eigenvalue weighted by atomic mass is 35.5. The van der Waals surface area contributed by atoms with Crippen LogP contribution in [0.25, 0.3) is 0 Å². The van der Waals surface area contributed by atoms with Crippen molar-refractivity contribution in [2.75, 3.05) is 19.0 Å². The minimum atomic E-state index is -0.739. The second-order valence-electron chi connectivity index (χ2n) is 5.25. The fraction of sp³-hybridized carbons (Fsp3) is 0.222. The van der Waals surface area contributed by atoms with E-state index < -0.39 is 11.8 Å². The molecule has 0 aromatic heterocycles. The van der Waals surface area contributed by atoms with Gasteiger partial charge in [-0.15, -0.1) is 0 Å². The zero-order chi connectivity index (χ0) is 17.5. The van der Waals surface area contributed by atoms with Gasteiger partial charge in [0.05, 0.1) is 6.10 Å². The normalized spacial score (nSPS) is 11.6. The summed E-state index contributed by atoms with van der Waals surface area (Å²) >= 11 is 5.78. The van der Waals surface area contributed by atoms with E-state index in [9.17, 15) is 9.59 Å². The predicted octanol–water partition coefficient (Wildman–Crippen LogP) is 3.09. The number of amides is 2. The lowest BCUT2D eigenvalue weighted by atomic mass is 10.0. The van der Waals surface area contributed by atoms with Gasteiger partial charge in [-0.2, -0.15) is 0 Å². The number of anilines is 1. The molecular formula is C18H19ClN2O3. The molecule has 0 aliphatic carbocycles. The summed E-state index contributed by atoms with van der Waals surface area (Å²) < 4.78 is 5.42. The molecule has 2 aromatic rings. The molecule has 5 nitrogen and oxygen atoms in total. The average molecular weight is 347 g/mol. The van der Waals surface area contributed by atoms with Crippen LogP contribution in [0.5, 0.6) is 0 Å². The Morgan fingerprint density at radius 3 is 2.38 bits per heavy atom. The maximum Gasteiger partial charge on any atom is 0.313 e. The Labute approximate surface area is 146 Å². The molecule has 0 saturated carbocycles. The highest BCUT2D eigenvalue weighted by molar-refractivity contribution is 6.39.